The lowest BCUT2D eigenvalue weighted by molar-refractivity contribution is 0.181. The highest BCUT2D eigenvalue weighted by atomic mass is 79.9. The Kier molecular flexibility index (Phi) is 5.19. The molecule has 21 heavy (non-hydrogen) atoms. The summed E-state index contributed by atoms with van der Waals surface area (Å²) in [7, 11) is 1.59. The van der Waals surface area contributed by atoms with Gasteiger partial charge in [0.1, 0.15) is 16.0 Å². The molecule has 2 rings (SSSR count). The van der Waals surface area contributed by atoms with E-state index in [4.69, 9.17) is 9.15 Å². The number of aryl methyl sites for hydroxylation is 1. The third-order valence-electron chi connectivity index (χ3n) is 3.05. The standard InChI is InChI=1S/C14H18BrN3O3/c1-9-4-5-12(21-9)10(2)17-11-8-16-18(6-7-20-3)14(19)13(11)15/h4-5,8,10,17H,6-7H2,1-3H3. The van der Waals surface area contributed by atoms with Gasteiger partial charge in [0.25, 0.3) is 5.56 Å². The van der Waals surface area contributed by atoms with Crippen molar-refractivity contribution >= 4 is 21.6 Å². The zero-order valence-electron chi connectivity index (χ0n) is 12.2. The smallest absolute Gasteiger partial charge is 0.283 e. The Labute approximate surface area is 131 Å². The van der Waals surface area contributed by atoms with Gasteiger partial charge in [-0.1, -0.05) is 0 Å². The number of anilines is 1. The number of aromatic nitrogens is 2. The summed E-state index contributed by atoms with van der Waals surface area (Å²) in [5.74, 6) is 1.66. The van der Waals surface area contributed by atoms with E-state index < -0.39 is 0 Å². The summed E-state index contributed by atoms with van der Waals surface area (Å²) >= 11 is 3.32. The Balaban J connectivity index is 2.17. The van der Waals surface area contributed by atoms with Gasteiger partial charge in [-0.05, 0) is 41.9 Å². The summed E-state index contributed by atoms with van der Waals surface area (Å²) in [6, 6.07) is 3.75. The maximum Gasteiger partial charge on any atom is 0.283 e. The second-order valence-electron chi connectivity index (χ2n) is 4.71. The number of hydrogen-bond acceptors (Lipinski definition) is 5. The molecule has 2 heterocycles. The molecule has 7 heteroatoms. The maximum absolute atomic E-state index is 12.2. The van der Waals surface area contributed by atoms with Crippen LogP contribution in [0.15, 0.2) is 32.0 Å². The number of halogens is 1. The van der Waals surface area contributed by atoms with E-state index >= 15 is 0 Å². The molecular formula is C14H18BrN3O3. The number of rotatable bonds is 6. The van der Waals surface area contributed by atoms with Crippen molar-refractivity contribution in [2.24, 2.45) is 0 Å². The third kappa shape index (κ3) is 3.74. The minimum absolute atomic E-state index is 0.0639. The van der Waals surface area contributed by atoms with Crippen molar-refractivity contribution in [3.8, 4) is 0 Å². The van der Waals surface area contributed by atoms with E-state index in [0.29, 0.717) is 23.3 Å². The molecule has 0 aromatic carbocycles. The predicted octanol–water partition coefficient (Wildman–Crippen LogP) is 2.73. The van der Waals surface area contributed by atoms with E-state index in [-0.39, 0.29) is 11.6 Å². The van der Waals surface area contributed by atoms with Gasteiger partial charge in [0, 0.05) is 7.11 Å². The number of nitrogens with one attached hydrogen (secondary N) is 1. The first kappa shape index (κ1) is 15.8. The number of methoxy groups -OCH3 is 1. The minimum Gasteiger partial charge on any atom is -0.464 e. The van der Waals surface area contributed by atoms with Gasteiger partial charge in [0.05, 0.1) is 31.1 Å². The summed E-state index contributed by atoms with van der Waals surface area (Å²) in [5.41, 5.74) is 0.440. The summed E-state index contributed by atoms with van der Waals surface area (Å²) < 4.78 is 12.3. The van der Waals surface area contributed by atoms with Crippen LogP contribution in [0.2, 0.25) is 0 Å². The highest BCUT2D eigenvalue weighted by Crippen LogP contribution is 2.24. The van der Waals surface area contributed by atoms with Crippen LogP contribution in [0.1, 0.15) is 24.5 Å². The molecule has 0 fully saturated rings. The van der Waals surface area contributed by atoms with Crippen LogP contribution in [0.4, 0.5) is 5.69 Å². The Morgan fingerprint density at radius 1 is 1.52 bits per heavy atom. The van der Waals surface area contributed by atoms with Crippen LogP contribution in [-0.2, 0) is 11.3 Å². The van der Waals surface area contributed by atoms with Gasteiger partial charge in [-0.25, -0.2) is 4.68 Å². The van der Waals surface area contributed by atoms with Gasteiger partial charge in [-0.15, -0.1) is 0 Å². The lowest BCUT2D eigenvalue weighted by atomic mass is 10.2. The summed E-state index contributed by atoms with van der Waals surface area (Å²) in [6.07, 6.45) is 1.62. The first-order valence-corrected chi connectivity index (χ1v) is 7.39. The zero-order valence-corrected chi connectivity index (χ0v) is 13.8. The molecule has 114 valence electrons. The molecule has 0 saturated carbocycles. The molecule has 0 aliphatic rings. The van der Waals surface area contributed by atoms with Crippen LogP contribution in [0.3, 0.4) is 0 Å². The largest absolute Gasteiger partial charge is 0.464 e. The number of furan rings is 1. The van der Waals surface area contributed by atoms with Gasteiger partial charge >= 0.3 is 0 Å². The van der Waals surface area contributed by atoms with Gasteiger partial charge in [0.2, 0.25) is 0 Å². The van der Waals surface area contributed by atoms with Crippen LogP contribution in [0.5, 0.6) is 0 Å². The molecule has 1 unspecified atom stereocenters. The molecule has 0 spiro atoms. The molecule has 0 bridgehead atoms. The SMILES string of the molecule is COCCn1ncc(NC(C)c2ccc(C)o2)c(Br)c1=O. The fourth-order valence-electron chi connectivity index (χ4n) is 1.89. The average Bonchev–Trinajstić information content (AvgIpc) is 2.90. The fraction of sp³-hybridized carbons (Fsp3) is 0.429. The van der Waals surface area contributed by atoms with E-state index in [1.54, 1.807) is 13.3 Å². The van der Waals surface area contributed by atoms with Crippen molar-refractivity contribution in [1.82, 2.24) is 9.78 Å². The Hall–Kier alpha value is -1.60. The summed E-state index contributed by atoms with van der Waals surface area (Å²) in [6.45, 7) is 4.71. The number of nitrogens with zero attached hydrogens (tertiary/aromatic N) is 2. The van der Waals surface area contributed by atoms with Crippen LogP contribution in [-0.4, -0.2) is 23.5 Å². The molecule has 2 aromatic heterocycles. The second-order valence-corrected chi connectivity index (χ2v) is 5.50. The predicted molar refractivity (Wildman–Crippen MR) is 83.6 cm³/mol. The van der Waals surface area contributed by atoms with Crippen LogP contribution in [0, 0.1) is 6.92 Å². The molecular weight excluding hydrogens is 338 g/mol. The highest BCUT2D eigenvalue weighted by Gasteiger charge is 2.14. The molecule has 1 atom stereocenters. The molecule has 0 radical (unpaired) electrons. The maximum atomic E-state index is 12.2. The third-order valence-corrected chi connectivity index (χ3v) is 3.82. The van der Waals surface area contributed by atoms with Crippen LogP contribution >= 0.6 is 15.9 Å². The van der Waals surface area contributed by atoms with Crippen molar-refractivity contribution < 1.29 is 9.15 Å². The summed E-state index contributed by atoms with van der Waals surface area (Å²) in [4.78, 5) is 12.2. The molecule has 0 aliphatic carbocycles. The van der Waals surface area contributed by atoms with Crippen LogP contribution in [0.25, 0.3) is 0 Å². The average molecular weight is 356 g/mol. The highest BCUT2D eigenvalue weighted by molar-refractivity contribution is 9.10. The van der Waals surface area contributed by atoms with Gasteiger partial charge in [0.15, 0.2) is 0 Å². The monoisotopic (exact) mass is 355 g/mol. The van der Waals surface area contributed by atoms with Gasteiger partial charge < -0.3 is 14.5 Å². The van der Waals surface area contributed by atoms with E-state index in [2.05, 4.69) is 26.3 Å². The number of ether oxygens (including phenoxy) is 1. The first-order valence-electron chi connectivity index (χ1n) is 6.60. The van der Waals surface area contributed by atoms with Gasteiger partial charge in [-0.2, -0.15) is 5.10 Å². The van der Waals surface area contributed by atoms with Crippen molar-refractivity contribution in [3.63, 3.8) is 0 Å². The first-order chi connectivity index (χ1) is 10.0. The van der Waals surface area contributed by atoms with Gasteiger partial charge in [-0.3, -0.25) is 4.79 Å². The molecule has 2 aromatic rings. The molecule has 0 aliphatic heterocycles. The van der Waals surface area contributed by atoms with E-state index in [1.165, 1.54) is 4.68 Å². The van der Waals surface area contributed by atoms with E-state index in [0.717, 1.165) is 11.5 Å². The van der Waals surface area contributed by atoms with Crippen LogP contribution < -0.4 is 10.9 Å². The Bertz CT molecular complexity index is 666. The Morgan fingerprint density at radius 2 is 2.29 bits per heavy atom. The summed E-state index contributed by atoms with van der Waals surface area (Å²) in [5, 5.41) is 7.35. The lowest BCUT2D eigenvalue weighted by Gasteiger charge is -2.14. The van der Waals surface area contributed by atoms with Crippen molar-refractivity contribution in [2.45, 2.75) is 26.4 Å². The van der Waals surface area contributed by atoms with Crippen molar-refractivity contribution in [2.75, 3.05) is 19.0 Å². The van der Waals surface area contributed by atoms with Crippen molar-refractivity contribution in [1.29, 1.82) is 0 Å². The lowest BCUT2D eigenvalue weighted by Crippen LogP contribution is -2.26. The normalized spacial score (nSPS) is 12.4. The zero-order chi connectivity index (χ0) is 15.4. The molecule has 0 saturated heterocycles. The Morgan fingerprint density at radius 3 is 2.90 bits per heavy atom. The fourth-order valence-corrected chi connectivity index (χ4v) is 2.31. The molecule has 1 N–H and O–H groups in total. The van der Waals surface area contributed by atoms with E-state index in [1.807, 2.05) is 26.0 Å². The topological polar surface area (TPSA) is 69.3 Å². The quantitative estimate of drug-likeness (QED) is 0.862. The number of hydrogen-bond donors (Lipinski definition) is 1. The molecule has 0 amide bonds. The minimum atomic E-state index is -0.195. The molecule has 6 nitrogen and oxygen atoms in total. The van der Waals surface area contributed by atoms with Crippen molar-refractivity contribution in [3.05, 3.63) is 44.7 Å². The second kappa shape index (κ2) is 6.91. The van der Waals surface area contributed by atoms with E-state index in [9.17, 15) is 4.79 Å².